The van der Waals surface area contributed by atoms with E-state index >= 15 is 0 Å². The Morgan fingerprint density at radius 3 is 2.55 bits per heavy atom. The first-order valence-electron chi connectivity index (χ1n) is 7.44. The van der Waals surface area contributed by atoms with Crippen LogP contribution in [0, 0.1) is 5.41 Å². The molecule has 7 heteroatoms. The number of esters is 1. The van der Waals surface area contributed by atoms with Crippen molar-refractivity contribution in [1.29, 1.82) is 0 Å². The minimum Gasteiger partial charge on any atom is -0.468 e. The van der Waals surface area contributed by atoms with Crippen LogP contribution in [0.3, 0.4) is 0 Å². The molecule has 2 heterocycles. The normalized spacial score (nSPS) is 29.7. The van der Waals surface area contributed by atoms with Crippen LogP contribution in [-0.2, 0) is 23.7 Å². The first kappa shape index (κ1) is 15.3. The van der Waals surface area contributed by atoms with Gasteiger partial charge in [-0.05, 0) is 12.0 Å². The van der Waals surface area contributed by atoms with Gasteiger partial charge in [-0.25, -0.2) is 4.79 Å². The van der Waals surface area contributed by atoms with E-state index in [9.17, 15) is 9.59 Å². The summed E-state index contributed by atoms with van der Waals surface area (Å²) in [4.78, 5) is 25.8. The van der Waals surface area contributed by atoms with Crippen LogP contribution in [0.5, 0.6) is 0 Å². The fraction of sp³-hybridized carbons (Fsp3) is 0.733. The molecule has 1 unspecified atom stereocenters. The molecule has 2 aliphatic heterocycles. The summed E-state index contributed by atoms with van der Waals surface area (Å²) in [7, 11) is 2.71. The number of hydrogen-bond acceptors (Lipinski definition) is 6. The van der Waals surface area contributed by atoms with Gasteiger partial charge in [0.2, 0.25) is 0 Å². The van der Waals surface area contributed by atoms with Crippen molar-refractivity contribution in [3.8, 4) is 0 Å². The summed E-state index contributed by atoms with van der Waals surface area (Å²) in [5.74, 6) is -0.934. The third-order valence-electron chi connectivity index (χ3n) is 4.85. The van der Waals surface area contributed by atoms with E-state index in [1.807, 2.05) is 6.08 Å². The number of ether oxygens (including phenoxy) is 4. The Kier molecular flexibility index (Phi) is 3.86. The van der Waals surface area contributed by atoms with Crippen LogP contribution in [0.2, 0.25) is 0 Å². The van der Waals surface area contributed by atoms with Crippen molar-refractivity contribution < 1.29 is 28.5 Å². The summed E-state index contributed by atoms with van der Waals surface area (Å²) in [5.41, 5.74) is 0.120. The van der Waals surface area contributed by atoms with Crippen molar-refractivity contribution in [2.45, 2.75) is 25.0 Å². The zero-order valence-electron chi connectivity index (χ0n) is 12.9. The predicted octanol–water partition coefficient (Wildman–Crippen LogP) is 1.08. The summed E-state index contributed by atoms with van der Waals surface area (Å²) in [5, 5.41) is 0. The van der Waals surface area contributed by atoms with E-state index in [4.69, 9.17) is 18.9 Å². The maximum atomic E-state index is 12.5. The molecule has 1 spiro atoms. The van der Waals surface area contributed by atoms with Crippen molar-refractivity contribution in [3.05, 3.63) is 11.6 Å². The van der Waals surface area contributed by atoms with Crippen molar-refractivity contribution >= 4 is 12.1 Å². The Hall–Kier alpha value is -1.60. The van der Waals surface area contributed by atoms with E-state index in [1.165, 1.54) is 19.1 Å². The fourth-order valence-electron chi connectivity index (χ4n) is 3.68. The topological polar surface area (TPSA) is 74.3 Å². The third-order valence-corrected chi connectivity index (χ3v) is 4.85. The number of fused-ring (bicyclic) bond motifs is 1. The van der Waals surface area contributed by atoms with Gasteiger partial charge in [-0.2, -0.15) is 0 Å². The summed E-state index contributed by atoms with van der Waals surface area (Å²) in [6, 6.07) is 0. The fourth-order valence-corrected chi connectivity index (χ4v) is 3.68. The molecule has 0 radical (unpaired) electrons. The molecular weight excluding hydrogens is 290 g/mol. The molecule has 22 heavy (non-hydrogen) atoms. The molecule has 2 fully saturated rings. The van der Waals surface area contributed by atoms with Gasteiger partial charge in [0.25, 0.3) is 0 Å². The second-order valence-electron chi connectivity index (χ2n) is 5.94. The molecule has 0 aromatic rings. The summed E-state index contributed by atoms with van der Waals surface area (Å²) < 4.78 is 21.3. The minimum atomic E-state index is -0.818. The maximum absolute atomic E-state index is 12.5. The van der Waals surface area contributed by atoms with Gasteiger partial charge in [0.1, 0.15) is 5.41 Å². The molecule has 7 nitrogen and oxygen atoms in total. The van der Waals surface area contributed by atoms with Crippen LogP contribution in [-0.4, -0.2) is 63.3 Å². The maximum Gasteiger partial charge on any atom is 0.409 e. The highest BCUT2D eigenvalue weighted by Gasteiger charge is 2.55. The molecule has 0 aromatic heterocycles. The molecule has 3 aliphatic rings. The van der Waals surface area contributed by atoms with Crippen LogP contribution in [0.4, 0.5) is 4.79 Å². The molecule has 0 bridgehead atoms. The van der Waals surface area contributed by atoms with Crippen molar-refractivity contribution in [2.75, 3.05) is 40.5 Å². The summed E-state index contributed by atoms with van der Waals surface area (Å²) in [6.07, 6.45) is 3.14. The molecule has 1 aliphatic carbocycles. The third kappa shape index (κ3) is 2.28. The van der Waals surface area contributed by atoms with E-state index in [2.05, 4.69) is 0 Å². The van der Waals surface area contributed by atoms with Crippen LogP contribution < -0.4 is 0 Å². The molecule has 1 saturated carbocycles. The molecule has 1 saturated heterocycles. The predicted molar refractivity (Wildman–Crippen MR) is 75.0 cm³/mol. The molecule has 1 amide bonds. The SMILES string of the molecule is COC(=O)N1CC=C2CC3(CCC2(C(=O)OC)C1)OCCO3. The van der Waals surface area contributed by atoms with E-state index < -0.39 is 17.3 Å². The lowest BCUT2D eigenvalue weighted by atomic mass is 9.66. The van der Waals surface area contributed by atoms with Gasteiger partial charge in [-0.3, -0.25) is 4.79 Å². The van der Waals surface area contributed by atoms with Crippen molar-refractivity contribution in [2.24, 2.45) is 5.41 Å². The quantitative estimate of drug-likeness (QED) is 0.533. The molecule has 0 N–H and O–H groups in total. The monoisotopic (exact) mass is 311 g/mol. The van der Waals surface area contributed by atoms with Crippen LogP contribution in [0.25, 0.3) is 0 Å². The highest BCUT2D eigenvalue weighted by atomic mass is 16.7. The lowest BCUT2D eigenvalue weighted by Crippen LogP contribution is -2.55. The van der Waals surface area contributed by atoms with Crippen LogP contribution in [0.1, 0.15) is 19.3 Å². The molecular formula is C15H21NO6. The zero-order chi connectivity index (χ0) is 15.8. The van der Waals surface area contributed by atoms with Crippen molar-refractivity contribution in [1.82, 2.24) is 4.90 Å². The number of carbonyl (C=O) groups is 2. The number of hydrogen-bond donors (Lipinski definition) is 0. The zero-order valence-corrected chi connectivity index (χ0v) is 12.9. The van der Waals surface area contributed by atoms with Gasteiger partial charge in [0.05, 0.1) is 27.4 Å². The van der Waals surface area contributed by atoms with Crippen LogP contribution >= 0.6 is 0 Å². The van der Waals surface area contributed by atoms with Gasteiger partial charge >= 0.3 is 12.1 Å². The number of rotatable bonds is 1. The Morgan fingerprint density at radius 2 is 1.91 bits per heavy atom. The lowest BCUT2D eigenvalue weighted by molar-refractivity contribution is -0.186. The summed E-state index contributed by atoms with van der Waals surface area (Å²) in [6.45, 7) is 1.84. The summed E-state index contributed by atoms with van der Waals surface area (Å²) >= 11 is 0. The Morgan fingerprint density at radius 1 is 1.18 bits per heavy atom. The standard InChI is InChI=1S/C15H21NO6/c1-19-12(17)14-4-5-15(21-7-8-22-15)9-11(14)3-6-16(10-14)13(18)20-2/h3H,4-10H2,1-2H3. The smallest absolute Gasteiger partial charge is 0.409 e. The first-order valence-corrected chi connectivity index (χ1v) is 7.44. The van der Waals surface area contributed by atoms with Gasteiger partial charge < -0.3 is 23.8 Å². The average Bonchev–Trinajstić information content (AvgIpc) is 3.01. The molecule has 1 atom stereocenters. The van der Waals surface area contributed by atoms with Gasteiger partial charge in [-0.15, -0.1) is 0 Å². The Balaban J connectivity index is 1.91. The number of nitrogens with zero attached hydrogens (tertiary/aromatic N) is 1. The largest absolute Gasteiger partial charge is 0.468 e. The Bertz CT molecular complexity index is 510. The van der Waals surface area contributed by atoms with Gasteiger partial charge in [0.15, 0.2) is 5.79 Å². The van der Waals surface area contributed by atoms with Crippen LogP contribution in [0.15, 0.2) is 11.6 Å². The number of amides is 1. The van der Waals surface area contributed by atoms with E-state index in [-0.39, 0.29) is 12.5 Å². The lowest BCUT2D eigenvalue weighted by Gasteiger charge is -2.47. The average molecular weight is 311 g/mol. The number of methoxy groups -OCH3 is 2. The molecule has 0 aromatic carbocycles. The molecule has 122 valence electrons. The minimum absolute atomic E-state index is 0.272. The Labute approximate surface area is 129 Å². The van der Waals surface area contributed by atoms with E-state index in [0.717, 1.165) is 5.57 Å². The second-order valence-corrected chi connectivity index (χ2v) is 5.94. The highest BCUT2D eigenvalue weighted by molar-refractivity contribution is 5.83. The van der Waals surface area contributed by atoms with Crippen molar-refractivity contribution in [3.63, 3.8) is 0 Å². The highest BCUT2D eigenvalue weighted by Crippen LogP contribution is 2.50. The first-order chi connectivity index (χ1) is 10.6. The number of carbonyl (C=O) groups excluding carboxylic acids is 2. The van der Waals surface area contributed by atoms with Gasteiger partial charge in [0, 0.05) is 25.9 Å². The molecule has 3 rings (SSSR count). The van der Waals surface area contributed by atoms with Gasteiger partial charge in [-0.1, -0.05) is 6.08 Å². The second kappa shape index (κ2) is 5.55. The van der Waals surface area contributed by atoms with E-state index in [1.54, 1.807) is 0 Å². The van der Waals surface area contributed by atoms with E-state index in [0.29, 0.717) is 39.0 Å².